The van der Waals surface area contributed by atoms with Crippen LogP contribution in [0.1, 0.15) is 27.2 Å². The van der Waals surface area contributed by atoms with E-state index in [1.807, 2.05) is 13.8 Å². The first kappa shape index (κ1) is 19.7. The van der Waals surface area contributed by atoms with Gasteiger partial charge in [-0.1, -0.05) is 6.92 Å². The smallest absolute Gasteiger partial charge is 0.548 e. The van der Waals surface area contributed by atoms with Crippen LogP contribution in [0.3, 0.4) is 0 Å². The van der Waals surface area contributed by atoms with Crippen molar-refractivity contribution >= 4 is 5.97 Å². The minimum Gasteiger partial charge on any atom is -0.548 e. The summed E-state index contributed by atoms with van der Waals surface area (Å²) in [4.78, 5) is 10.1. The number of hydrogen-bond acceptors (Lipinski definition) is 5. The third kappa shape index (κ3) is 14.3. The largest absolute Gasteiger partial charge is 1.00 e. The fourth-order valence-corrected chi connectivity index (χ4v) is 1.000. The molecule has 0 rings (SSSR count). The minimum atomic E-state index is -1.22. The SMILES string of the molecule is CCCOCC(C)OCC(C)OCC(=O)[O-].[Na+]. The fraction of sp³-hybridized carbons (Fsp3) is 0.909. The van der Waals surface area contributed by atoms with Crippen LogP contribution >= 0.6 is 0 Å². The number of rotatable bonds is 10. The van der Waals surface area contributed by atoms with E-state index in [4.69, 9.17) is 14.2 Å². The van der Waals surface area contributed by atoms with Gasteiger partial charge in [0.05, 0.1) is 38.0 Å². The summed E-state index contributed by atoms with van der Waals surface area (Å²) < 4.78 is 15.7. The van der Waals surface area contributed by atoms with E-state index in [1.165, 1.54) is 0 Å². The summed E-state index contributed by atoms with van der Waals surface area (Å²) in [5.41, 5.74) is 0. The average molecular weight is 256 g/mol. The van der Waals surface area contributed by atoms with Crippen molar-refractivity contribution in [3.8, 4) is 0 Å². The van der Waals surface area contributed by atoms with E-state index in [0.717, 1.165) is 13.0 Å². The van der Waals surface area contributed by atoms with Gasteiger partial charge in [0.25, 0.3) is 0 Å². The third-order valence-electron chi connectivity index (χ3n) is 1.80. The second-order valence-corrected chi connectivity index (χ2v) is 3.71. The van der Waals surface area contributed by atoms with Gasteiger partial charge in [-0.05, 0) is 20.3 Å². The van der Waals surface area contributed by atoms with E-state index in [0.29, 0.717) is 13.2 Å². The molecule has 5 nitrogen and oxygen atoms in total. The molecule has 0 radical (unpaired) electrons. The summed E-state index contributed by atoms with van der Waals surface area (Å²) in [7, 11) is 0. The van der Waals surface area contributed by atoms with Crippen LogP contribution in [-0.4, -0.2) is 44.6 Å². The van der Waals surface area contributed by atoms with Crippen LogP contribution in [0.15, 0.2) is 0 Å². The van der Waals surface area contributed by atoms with Crippen LogP contribution in [0.4, 0.5) is 0 Å². The minimum absolute atomic E-state index is 0. The quantitative estimate of drug-likeness (QED) is 0.307. The fourth-order valence-electron chi connectivity index (χ4n) is 1.000. The van der Waals surface area contributed by atoms with Gasteiger partial charge in [0.1, 0.15) is 0 Å². The summed E-state index contributed by atoms with van der Waals surface area (Å²) >= 11 is 0. The first-order chi connectivity index (χ1) is 7.56. The molecular weight excluding hydrogens is 235 g/mol. The molecule has 0 aromatic heterocycles. The number of carboxylic acids is 1. The average Bonchev–Trinajstić information content (AvgIpc) is 2.24. The second kappa shape index (κ2) is 12.8. The van der Waals surface area contributed by atoms with Crippen LogP contribution < -0.4 is 34.7 Å². The van der Waals surface area contributed by atoms with Crippen molar-refractivity contribution in [1.29, 1.82) is 0 Å². The van der Waals surface area contributed by atoms with Gasteiger partial charge in [0.2, 0.25) is 0 Å². The number of aliphatic carboxylic acids is 1. The molecule has 6 heteroatoms. The maximum atomic E-state index is 10.1. The molecule has 0 amide bonds. The number of ether oxygens (including phenoxy) is 3. The third-order valence-corrected chi connectivity index (χ3v) is 1.80. The number of carbonyl (C=O) groups is 1. The van der Waals surface area contributed by atoms with E-state index >= 15 is 0 Å². The van der Waals surface area contributed by atoms with Gasteiger partial charge in [-0.2, -0.15) is 0 Å². The molecule has 0 fully saturated rings. The van der Waals surface area contributed by atoms with E-state index in [-0.39, 0.29) is 41.8 Å². The maximum Gasteiger partial charge on any atom is 1.00 e. The molecule has 0 bridgehead atoms. The van der Waals surface area contributed by atoms with E-state index < -0.39 is 12.6 Å². The standard InChI is InChI=1S/C11H22O5.Na/c1-4-5-14-6-9(2)15-7-10(3)16-8-11(12)13;/h9-10H,4-8H2,1-3H3,(H,12,13);/q;+1/p-1. The molecule has 0 aliphatic heterocycles. The summed E-state index contributed by atoms with van der Waals surface area (Å²) in [6, 6.07) is 0. The molecular formula is C11H21NaO5. The Morgan fingerprint density at radius 3 is 2.29 bits per heavy atom. The van der Waals surface area contributed by atoms with E-state index in [1.54, 1.807) is 6.92 Å². The predicted molar refractivity (Wildman–Crippen MR) is 56.9 cm³/mol. The van der Waals surface area contributed by atoms with Crippen molar-refractivity contribution in [2.45, 2.75) is 39.4 Å². The Labute approximate surface area is 125 Å². The Morgan fingerprint density at radius 2 is 1.76 bits per heavy atom. The first-order valence-corrected chi connectivity index (χ1v) is 5.57. The number of carbonyl (C=O) groups excluding carboxylic acids is 1. The predicted octanol–water partition coefficient (Wildman–Crippen LogP) is -3.02. The van der Waals surface area contributed by atoms with Crippen LogP contribution in [0.2, 0.25) is 0 Å². The van der Waals surface area contributed by atoms with Gasteiger partial charge in [-0.3, -0.25) is 0 Å². The summed E-state index contributed by atoms with van der Waals surface area (Å²) in [6.07, 6.45) is 0.713. The molecule has 0 aliphatic rings. The van der Waals surface area contributed by atoms with Gasteiger partial charge in [0, 0.05) is 6.61 Å². The molecule has 2 atom stereocenters. The molecule has 0 N–H and O–H groups in total. The monoisotopic (exact) mass is 256 g/mol. The van der Waals surface area contributed by atoms with Crippen LogP contribution in [0.5, 0.6) is 0 Å². The van der Waals surface area contributed by atoms with Crippen LogP contribution in [0, 0.1) is 0 Å². The summed E-state index contributed by atoms with van der Waals surface area (Å²) in [5, 5.41) is 10.1. The number of carboxylic acid groups (broad SMARTS) is 1. The molecule has 0 aromatic rings. The Morgan fingerprint density at radius 1 is 1.18 bits per heavy atom. The topological polar surface area (TPSA) is 67.8 Å². The van der Waals surface area contributed by atoms with Crippen molar-refractivity contribution in [3.05, 3.63) is 0 Å². The van der Waals surface area contributed by atoms with Crippen molar-refractivity contribution in [3.63, 3.8) is 0 Å². The zero-order valence-corrected chi connectivity index (χ0v) is 13.2. The van der Waals surface area contributed by atoms with Crippen molar-refractivity contribution < 1.29 is 53.7 Å². The van der Waals surface area contributed by atoms with Gasteiger partial charge in [0.15, 0.2) is 0 Å². The van der Waals surface area contributed by atoms with Crippen molar-refractivity contribution in [2.24, 2.45) is 0 Å². The summed E-state index contributed by atoms with van der Waals surface area (Å²) in [6.45, 7) is 6.92. The molecule has 0 saturated heterocycles. The van der Waals surface area contributed by atoms with Gasteiger partial charge in [-0.15, -0.1) is 0 Å². The number of hydrogen-bond donors (Lipinski definition) is 0. The molecule has 0 spiro atoms. The van der Waals surface area contributed by atoms with Gasteiger partial charge in [-0.25, -0.2) is 0 Å². The van der Waals surface area contributed by atoms with E-state index in [9.17, 15) is 9.90 Å². The molecule has 0 saturated carbocycles. The van der Waals surface area contributed by atoms with Crippen molar-refractivity contribution in [1.82, 2.24) is 0 Å². The molecule has 0 heterocycles. The molecule has 2 unspecified atom stereocenters. The Bertz CT molecular complexity index is 189. The Balaban J connectivity index is 0. The maximum absolute atomic E-state index is 10.1. The van der Waals surface area contributed by atoms with Crippen LogP contribution in [0.25, 0.3) is 0 Å². The van der Waals surface area contributed by atoms with Crippen LogP contribution in [-0.2, 0) is 19.0 Å². The normalized spacial score (nSPS) is 13.8. The van der Waals surface area contributed by atoms with Gasteiger partial charge >= 0.3 is 29.6 Å². The van der Waals surface area contributed by atoms with Crippen molar-refractivity contribution in [2.75, 3.05) is 26.4 Å². The first-order valence-electron chi connectivity index (χ1n) is 5.57. The molecule has 0 aromatic carbocycles. The van der Waals surface area contributed by atoms with Gasteiger partial charge < -0.3 is 24.1 Å². The summed E-state index contributed by atoms with van der Waals surface area (Å²) in [5.74, 6) is -1.22. The zero-order valence-electron chi connectivity index (χ0n) is 11.2. The van der Waals surface area contributed by atoms with E-state index in [2.05, 4.69) is 0 Å². The Hall–Kier alpha value is 0.350. The molecule has 0 aliphatic carbocycles. The Kier molecular flexibility index (Phi) is 14.8. The molecule has 17 heavy (non-hydrogen) atoms. The second-order valence-electron chi connectivity index (χ2n) is 3.71. The molecule has 96 valence electrons. The zero-order chi connectivity index (χ0) is 12.4.